The normalized spacial score (nSPS) is 9.29. The number of methoxy groups -OCH3 is 3. The van der Waals surface area contributed by atoms with Gasteiger partial charge < -0.3 is 28.4 Å². The van der Waals surface area contributed by atoms with Crippen LogP contribution in [0.25, 0.3) is 0 Å². The van der Waals surface area contributed by atoms with Crippen LogP contribution in [0.5, 0.6) is 17.4 Å². The molecule has 1 aromatic rings. The van der Waals surface area contributed by atoms with Crippen molar-refractivity contribution < 1.29 is 42.8 Å². The van der Waals surface area contributed by atoms with Crippen LogP contribution in [0, 0.1) is 0 Å². The van der Waals surface area contributed by atoms with Gasteiger partial charge in [0.15, 0.2) is 5.75 Å². The minimum Gasteiger partial charge on any atom is -0.437 e. The lowest BCUT2D eigenvalue weighted by molar-refractivity contribution is 0.108. The maximum absolute atomic E-state index is 11.1. The van der Waals surface area contributed by atoms with E-state index in [2.05, 4.69) is 28.7 Å². The molecule has 0 N–H and O–H groups in total. The van der Waals surface area contributed by atoms with Gasteiger partial charge in [0, 0.05) is 6.07 Å². The second-order valence-electron chi connectivity index (χ2n) is 3.14. The maximum Gasteiger partial charge on any atom is 0.515 e. The van der Waals surface area contributed by atoms with Gasteiger partial charge in [-0.1, -0.05) is 0 Å². The number of rotatable bonds is 3. The number of carbonyl (C=O) groups is 3. The summed E-state index contributed by atoms with van der Waals surface area (Å²) in [6.07, 6.45) is -2.15. The summed E-state index contributed by atoms with van der Waals surface area (Å²) in [5.74, 6) is -0.823. The average Bonchev–Trinajstić information content (AvgIpc) is 2.49. The van der Waals surface area contributed by atoms with Crippen LogP contribution in [-0.4, -0.2) is 44.8 Å². The van der Waals surface area contributed by atoms with Crippen molar-refractivity contribution >= 4 is 18.5 Å². The van der Waals surface area contributed by atoms with E-state index in [0.29, 0.717) is 0 Å². The number of aromatic nitrogens is 1. The van der Waals surface area contributed by atoms with Crippen molar-refractivity contribution in [2.45, 2.75) is 0 Å². The van der Waals surface area contributed by atoms with Crippen molar-refractivity contribution in [3.8, 4) is 17.4 Å². The highest BCUT2D eigenvalue weighted by molar-refractivity contribution is 5.69. The monoisotopic (exact) mass is 301 g/mol. The highest BCUT2D eigenvalue weighted by Crippen LogP contribution is 2.29. The molecule has 0 aliphatic heterocycles. The topological polar surface area (TPSA) is 119 Å². The van der Waals surface area contributed by atoms with E-state index in [0.717, 1.165) is 33.6 Å². The Morgan fingerprint density at radius 2 is 1.38 bits per heavy atom. The Hall–Kier alpha value is -3.04. The molecule has 10 heteroatoms. The van der Waals surface area contributed by atoms with E-state index in [-0.39, 0.29) is 17.4 Å². The first kappa shape index (κ1) is 16.0. The first-order chi connectivity index (χ1) is 9.99. The molecule has 1 heterocycles. The van der Waals surface area contributed by atoms with Crippen molar-refractivity contribution in [1.82, 2.24) is 4.98 Å². The standard InChI is InChI=1S/C11H11NO9/c1-16-9(13)19-6-4-7(20-10(14)17-2)8(12-5-6)21-11(15)18-3/h4-5H,1-3H3. The lowest BCUT2D eigenvalue weighted by Gasteiger charge is -2.09. The van der Waals surface area contributed by atoms with Crippen LogP contribution in [-0.2, 0) is 14.2 Å². The Kier molecular flexibility index (Phi) is 5.74. The first-order valence-electron chi connectivity index (χ1n) is 5.27. The van der Waals surface area contributed by atoms with Gasteiger partial charge in [-0.05, 0) is 0 Å². The number of hydrogen-bond donors (Lipinski definition) is 0. The third kappa shape index (κ3) is 4.86. The highest BCUT2D eigenvalue weighted by Gasteiger charge is 2.18. The first-order valence-corrected chi connectivity index (χ1v) is 5.27. The van der Waals surface area contributed by atoms with Crippen LogP contribution in [0.2, 0.25) is 0 Å². The molecule has 0 spiro atoms. The quantitative estimate of drug-likeness (QED) is 0.600. The summed E-state index contributed by atoms with van der Waals surface area (Å²) in [6, 6.07) is 1.07. The van der Waals surface area contributed by atoms with Crippen LogP contribution in [0.15, 0.2) is 12.3 Å². The molecular formula is C11H11NO9. The number of ether oxygens (including phenoxy) is 6. The molecule has 0 aliphatic rings. The van der Waals surface area contributed by atoms with E-state index >= 15 is 0 Å². The van der Waals surface area contributed by atoms with Gasteiger partial charge in [-0.2, -0.15) is 0 Å². The molecule has 10 nitrogen and oxygen atoms in total. The second kappa shape index (κ2) is 7.53. The minimum absolute atomic E-state index is 0.113. The minimum atomic E-state index is -1.10. The Morgan fingerprint density at radius 3 is 1.95 bits per heavy atom. The van der Waals surface area contributed by atoms with Crippen molar-refractivity contribution in [2.24, 2.45) is 0 Å². The third-order valence-electron chi connectivity index (χ3n) is 1.87. The molecule has 1 rings (SSSR count). The van der Waals surface area contributed by atoms with E-state index in [1.165, 1.54) is 0 Å². The molecule has 0 saturated carbocycles. The molecule has 0 unspecified atom stereocenters. The lowest BCUT2D eigenvalue weighted by Crippen LogP contribution is -2.14. The fourth-order valence-electron chi connectivity index (χ4n) is 1.01. The van der Waals surface area contributed by atoms with Gasteiger partial charge in [-0.25, -0.2) is 19.4 Å². The summed E-state index contributed by atoms with van der Waals surface area (Å²) < 4.78 is 26.9. The summed E-state index contributed by atoms with van der Waals surface area (Å²) in [5, 5.41) is 0. The number of carbonyl (C=O) groups excluding carboxylic acids is 3. The Morgan fingerprint density at radius 1 is 0.857 bits per heavy atom. The third-order valence-corrected chi connectivity index (χ3v) is 1.87. The molecule has 0 fully saturated rings. The van der Waals surface area contributed by atoms with Gasteiger partial charge in [-0.15, -0.1) is 0 Å². The Bertz CT molecular complexity index is 542. The molecule has 0 saturated heterocycles. The summed E-state index contributed by atoms with van der Waals surface area (Å²) in [4.78, 5) is 36.8. The summed E-state index contributed by atoms with van der Waals surface area (Å²) in [7, 11) is 3.26. The molecule has 21 heavy (non-hydrogen) atoms. The largest absolute Gasteiger partial charge is 0.515 e. The van der Waals surface area contributed by atoms with Crippen LogP contribution in [0.1, 0.15) is 0 Å². The zero-order valence-corrected chi connectivity index (χ0v) is 11.3. The van der Waals surface area contributed by atoms with Gasteiger partial charge >= 0.3 is 18.5 Å². The van der Waals surface area contributed by atoms with Crippen LogP contribution in [0.3, 0.4) is 0 Å². The smallest absolute Gasteiger partial charge is 0.437 e. The van der Waals surface area contributed by atoms with Crippen molar-refractivity contribution in [3.63, 3.8) is 0 Å². The fourth-order valence-corrected chi connectivity index (χ4v) is 1.01. The number of nitrogens with zero attached hydrogens (tertiary/aromatic N) is 1. The van der Waals surface area contributed by atoms with E-state index in [1.54, 1.807) is 0 Å². The Labute approximate surface area is 118 Å². The average molecular weight is 301 g/mol. The highest BCUT2D eigenvalue weighted by atomic mass is 16.7. The van der Waals surface area contributed by atoms with Gasteiger partial charge in [0.25, 0.3) is 5.88 Å². The SMILES string of the molecule is COC(=O)Oc1cnc(OC(=O)OC)c(OC(=O)OC)c1. The van der Waals surface area contributed by atoms with Crippen molar-refractivity contribution in [3.05, 3.63) is 12.3 Å². The van der Waals surface area contributed by atoms with E-state index < -0.39 is 18.5 Å². The van der Waals surface area contributed by atoms with Crippen molar-refractivity contribution in [1.29, 1.82) is 0 Å². The summed E-state index contributed by atoms with van der Waals surface area (Å²) >= 11 is 0. The maximum atomic E-state index is 11.1. The molecule has 114 valence electrons. The van der Waals surface area contributed by atoms with Crippen LogP contribution < -0.4 is 14.2 Å². The molecule has 0 aliphatic carbocycles. The molecule has 0 amide bonds. The van der Waals surface area contributed by atoms with Gasteiger partial charge in [0.2, 0.25) is 5.75 Å². The summed E-state index contributed by atoms with van der Waals surface area (Å²) in [5.41, 5.74) is 0. The molecule has 0 aromatic carbocycles. The number of hydrogen-bond acceptors (Lipinski definition) is 10. The lowest BCUT2D eigenvalue weighted by atomic mass is 10.4. The van der Waals surface area contributed by atoms with Gasteiger partial charge in [0.05, 0.1) is 27.5 Å². The molecule has 0 bridgehead atoms. The van der Waals surface area contributed by atoms with E-state index in [4.69, 9.17) is 4.74 Å². The molecule has 0 atom stereocenters. The van der Waals surface area contributed by atoms with Gasteiger partial charge in [0.1, 0.15) is 0 Å². The number of pyridine rings is 1. The van der Waals surface area contributed by atoms with E-state index in [9.17, 15) is 14.4 Å². The predicted octanol–water partition coefficient (Wildman–Crippen LogP) is 1.52. The predicted molar refractivity (Wildman–Crippen MR) is 63.3 cm³/mol. The Balaban J connectivity index is 3.03. The van der Waals surface area contributed by atoms with Crippen LogP contribution in [0.4, 0.5) is 14.4 Å². The van der Waals surface area contributed by atoms with Gasteiger partial charge in [-0.3, -0.25) is 0 Å². The fraction of sp³-hybridized carbons (Fsp3) is 0.273. The molecule has 0 radical (unpaired) electrons. The zero-order chi connectivity index (χ0) is 15.8. The van der Waals surface area contributed by atoms with E-state index in [1.807, 2.05) is 0 Å². The summed E-state index contributed by atoms with van der Waals surface area (Å²) in [6.45, 7) is 0. The zero-order valence-electron chi connectivity index (χ0n) is 11.3. The second-order valence-corrected chi connectivity index (χ2v) is 3.14. The molecular weight excluding hydrogens is 290 g/mol. The molecule has 1 aromatic heterocycles. The van der Waals surface area contributed by atoms with Crippen LogP contribution >= 0.6 is 0 Å². The van der Waals surface area contributed by atoms with Crippen molar-refractivity contribution in [2.75, 3.05) is 21.3 Å².